The van der Waals surface area contributed by atoms with Gasteiger partial charge >= 0.3 is 0 Å². The first-order valence-corrected chi connectivity index (χ1v) is 6.97. The van der Waals surface area contributed by atoms with Crippen LogP contribution < -0.4 is 15.4 Å². The zero-order chi connectivity index (χ0) is 14.8. The molecule has 0 aliphatic heterocycles. The van der Waals surface area contributed by atoms with E-state index in [9.17, 15) is 4.79 Å². The van der Waals surface area contributed by atoms with Crippen molar-refractivity contribution < 1.29 is 14.3 Å². The molecule has 0 aliphatic rings. The van der Waals surface area contributed by atoms with Crippen LogP contribution in [0.15, 0.2) is 18.2 Å². The highest BCUT2D eigenvalue weighted by molar-refractivity contribution is 6.31. The highest BCUT2D eigenvalue weighted by Gasteiger charge is 2.13. The van der Waals surface area contributed by atoms with Crippen LogP contribution in [0.25, 0.3) is 0 Å². The molecule has 0 saturated heterocycles. The van der Waals surface area contributed by atoms with Crippen molar-refractivity contribution in [2.45, 2.75) is 6.92 Å². The van der Waals surface area contributed by atoms with Crippen molar-refractivity contribution in [3.05, 3.63) is 28.8 Å². The Balaban J connectivity index is 2.64. The van der Waals surface area contributed by atoms with E-state index >= 15 is 0 Å². The lowest BCUT2D eigenvalue weighted by atomic mass is 10.2. The predicted molar refractivity (Wildman–Crippen MR) is 79.7 cm³/mol. The molecule has 6 heteroatoms. The second-order valence-electron chi connectivity index (χ2n) is 4.09. The number of hydrogen-bond donors (Lipinski definition) is 2. The van der Waals surface area contributed by atoms with Crippen LogP contribution in [-0.2, 0) is 4.74 Å². The molecule has 1 aromatic rings. The molecule has 0 saturated carbocycles. The van der Waals surface area contributed by atoms with Gasteiger partial charge in [0, 0.05) is 25.2 Å². The molecular weight excluding hydrogens is 280 g/mol. The van der Waals surface area contributed by atoms with Gasteiger partial charge in [-0.2, -0.15) is 0 Å². The molecule has 1 rings (SSSR count). The summed E-state index contributed by atoms with van der Waals surface area (Å²) in [5.74, 6) is 0.310. The number of halogens is 1. The first kappa shape index (κ1) is 16.8. The molecule has 112 valence electrons. The number of rotatable bonds is 9. The monoisotopic (exact) mass is 300 g/mol. The van der Waals surface area contributed by atoms with Gasteiger partial charge in [-0.1, -0.05) is 18.5 Å². The molecule has 2 N–H and O–H groups in total. The van der Waals surface area contributed by atoms with E-state index in [4.69, 9.17) is 21.1 Å². The van der Waals surface area contributed by atoms with Gasteiger partial charge < -0.3 is 20.1 Å². The molecule has 0 heterocycles. The van der Waals surface area contributed by atoms with E-state index in [2.05, 4.69) is 10.6 Å². The van der Waals surface area contributed by atoms with Crippen LogP contribution >= 0.6 is 11.6 Å². The summed E-state index contributed by atoms with van der Waals surface area (Å²) in [6, 6.07) is 4.99. The van der Waals surface area contributed by atoms with Crippen LogP contribution in [-0.4, -0.2) is 45.9 Å². The molecule has 1 aromatic carbocycles. The first-order chi connectivity index (χ1) is 9.69. The Morgan fingerprint density at radius 3 is 2.80 bits per heavy atom. The van der Waals surface area contributed by atoms with E-state index in [1.54, 1.807) is 25.3 Å². The Bertz CT molecular complexity index is 427. The fraction of sp³-hybridized carbons (Fsp3) is 0.500. The van der Waals surface area contributed by atoms with E-state index < -0.39 is 0 Å². The fourth-order valence-corrected chi connectivity index (χ4v) is 1.75. The number of benzene rings is 1. The van der Waals surface area contributed by atoms with Crippen LogP contribution in [0.5, 0.6) is 5.75 Å². The molecule has 20 heavy (non-hydrogen) atoms. The number of nitrogens with one attached hydrogen (secondary N) is 2. The second kappa shape index (κ2) is 9.58. The third-order valence-electron chi connectivity index (χ3n) is 2.57. The average Bonchev–Trinajstić information content (AvgIpc) is 2.45. The van der Waals surface area contributed by atoms with Crippen LogP contribution in [0.3, 0.4) is 0 Å². The van der Waals surface area contributed by atoms with Crippen molar-refractivity contribution in [2.75, 3.05) is 40.0 Å². The van der Waals surface area contributed by atoms with Crippen LogP contribution in [0.1, 0.15) is 17.3 Å². The van der Waals surface area contributed by atoms with Crippen LogP contribution in [0, 0.1) is 0 Å². The molecule has 0 radical (unpaired) electrons. The third-order valence-corrected chi connectivity index (χ3v) is 2.80. The molecule has 0 atom stereocenters. The topological polar surface area (TPSA) is 59.6 Å². The van der Waals surface area contributed by atoms with Crippen molar-refractivity contribution in [1.82, 2.24) is 10.6 Å². The quantitative estimate of drug-likeness (QED) is 0.682. The van der Waals surface area contributed by atoms with E-state index in [0.29, 0.717) is 36.1 Å². The summed E-state index contributed by atoms with van der Waals surface area (Å²) in [4.78, 5) is 12.1. The summed E-state index contributed by atoms with van der Waals surface area (Å²) < 4.78 is 10.4. The average molecular weight is 301 g/mol. The molecule has 0 bridgehead atoms. The maximum absolute atomic E-state index is 12.1. The summed E-state index contributed by atoms with van der Waals surface area (Å²) in [5.41, 5.74) is 0.435. The summed E-state index contributed by atoms with van der Waals surface area (Å²) in [7, 11) is 1.60. The van der Waals surface area contributed by atoms with Crippen molar-refractivity contribution in [1.29, 1.82) is 0 Å². The van der Waals surface area contributed by atoms with Gasteiger partial charge in [0.05, 0.1) is 12.2 Å². The third kappa shape index (κ3) is 5.77. The number of carbonyl (C=O) groups excluding carboxylic acids is 1. The van der Waals surface area contributed by atoms with Crippen molar-refractivity contribution >= 4 is 17.5 Å². The Labute approximate surface area is 124 Å². The van der Waals surface area contributed by atoms with Gasteiger partial charge in [0.15, 0.2) is 0 Å². The minimum atomic E-state index is -0.196. The van der Waals surface area contributed by atoms with E-state index in [1.807, 2.05) is 6.92 Å². The smallest absolute Gasteiger partial charge is 0.255 e. The lowest BCUT2D eigenvalue weighted by Crippen LogP contribution is -2.32. The van der Waals surface area contributed by atoms with E-state index in [-0.39, 0.29) is 5.91 Å². The maximum atomic E-state index is 12.1. The normalized spacial score (nSPS) is 10.3. The maximum Gasteiger partial charge on any atom is 0.255 e. The van der Waals surface area contributed by atoms with Crippen LogP contribution in [0.4, 0.5) is 0 Å². The van der Waals surface area contributed by atoms with Gasteiger partial charge in [0.2, 0.25) is 0 Å². The number of methoxy groups -OCH3 is 1. The van der Waals surface area contributed by atoms with Crippen molar-refractivity contribution in [3.63, 3.8) is 0 Å². The van der Waals surface area contributed by atoms with Gasteiger partial charge in [-0.25, -0.2) is 0 Å². The molecule has 0 spiro atoms. The van der Waals surface area contributed by atoms with Crippen molar-refractivity contribution in [2.24, 2.45) is 0 Å². The molecule has 0 fully saturated rings. The van der Waals surface area contributed by atoms with Gasteiger partial charge in [-0.3, -0.25) is 4.79 Å². The van der Waals surface area contributed by atoms with Gasteiger partial charge in [0.25, 0.3) is 5.91 Å². The number of likely N-dealkylation sites (N-methyl/N-ethyl adjacent to an activating group) is 1. The highest BCUT2D eigenvalue weighted by atomic mass is 35.5. The first-order valence-electron chi connectivity index (χ1n) is 6.59. The number of carbonyl (C=O) groups is 1. The standard InChI is InChI=1S/C14H21ClN2O3/c1-3-16-6-7-17-14(18)12-10-11(15)4-5-13(12)20-9-8-19-2/h4-5,10,16H,3,6-9H2,1-2H3,(H,17,18). The van der Waals surface area contributed by atoms with E-state index in [0.717, 1.165) is 13.1 Å². The molecule has 5 nitrogen and oxygen atoms in total. The van der Waals surface area contributed by atoms with Gasteiger partial charge in [-0.15, -0.1) is 0 Å². The molecule has 0 aliphatic carbocycles. The lowest BCUT2D eigenvalue weighted by molar-refractivity contribution is 0.0946. The van der Waals surface area contributed by atoms with Gasteiger partial charge in [-0.05, 0) is 24.7 Å². The minimum Gasteiger partial charge on any atom is -0.490 e. The molecular formula is C14H21ClN2O3. The Morgan fingerprint density at radius 2 is 2.10 bits per heavy atom. The number of hydrogen-bond acceptors (Lipinski definition) is 4. The van der Waals surface area contributed by atoms with Crippen LogP contribution in [0.2, 0.25) is 5.02 Å². The lowest BCUT2D eigenvalue weighted by Gasteiger charge is -2.12. The van der Waals surface area contributed by atoms with Crippen molar-refractivity contribution in [3.8, 4) is 5.75 Å². The summed E-state index contributed by atoms with van der Waals surface area (Å²) in [6.07, 6.45) is 0. The highest BCUT2D eigenvalue weighted by Crippen LogP contribution is 2.22. The molecule has 1 amide bonds. The Kier molecular flexibility index (Phi) is 8.02. The number of amides is 1. The second-order valence-corrected chi connectivity index (χ2v) is 4.53. The number of ether oxygens (including phenoxy) is 2. The summed E-state index contributed by atoms with van der Waals surface area (Å²) in [5, 5.41) is 6.46. The zero-order valence-electron chi connectivity index (χ0n) is 11.9. The fourth-order valence-electron chi connectivity index (χ4n) is 1.58. The summed E-state index contributed by atoms with van der Waals surface area (Å²) in [6.45, 7) is 5.01. The predicted octanol–water partition coefficient (Wildman–Crippen LogP) is 1.70. The summed E-state index contributed by atoms with van der Waals surface area (Å²) >= 11 is 5.93. The SMILES string of the molecule is CCNCCNC(=O)c1cc(Cl)ccc1OCCOC. The zero-order valence-corrected chi connectivity index (χ0v) is 12.6. The Morgan fingerprint density at radius 1 is 1.30 bits per heavy atom. The largest absolute Gasteiger partial charge is 0.490 e. The molecule has 0 aromatic heterocycles. The van der Waals surface area contributed by atoms with E-state index in [1.165, 1.54) is 0 Å². The minimum absolute atomic E-state index is 0.196. The van der Waals surface area contributed by atoms with Gasteiger partial charge in [0.1, 0.15) is 12.4 Å². The molecule has 0 unspecified atom stereocenters. The Hall–Kier alpha value is -1.30.